The summed E-state index contributed by atoms with van der Waals surface area (Å²) in [7, 11) is 1.50. The molecule has 0 bridgehead atoms. The van der Waals surface area contributed by atoms with Gasteiger partial charge in [0, 0.05) is 23.2 Å². The number of hydrogen-bond donors (Lipinski definition) is 1. The zero-order valence-electron chi connectivity index (χ0n) is 12.1. The summed E-state index contributed by atoms with van der Waals surface area (Å²) in [5, 5.41) is 20.5. The Morgan fingerprint density at radius 2 is 2.09 bits per heavy atom. The van der Waals surface area contributed by atoms with Crippen molar-refractivity contribution in [3.8, 4) is 11.5 Å². The van der Waals surface area contributed by atoms with Gasteiger partial charge in [-0.3, -0.25) is 10.1 Å². The molecule has 1 N–H and O–H groups in total. The number of halogens is 1. The maximum atomic E-state index is 12.0. The third-order valence-electron chi connectivity index (χ3n) is 2.99. The van der Waals surface area contributed by atoms with Crippen LogP contribution in [-0.2, 0) is 6.54 Å². The number of amides is 1. The van der Waals surface area contributed by atoms with E-state index in [4.69, 9.17) is 4.74 Å². The molecule has 8 heteroatoms. The van der Waals surface area contributed by atoms with Crippen LogP contribution in [0.4, 0.5) is 10.5 Å². The van der Waals surface area contributed by atoms with E-state index in [1.807, 2.05) is 0 Å². The fourth-order valence-electron chi connectivity index (χ4n) is 1.84. The first-order valence-electron chi connectivity index (χ1n) is 6.51. The highest BCUT2D eigenvalue weighted by Crippen LogP contribution is 2.24. The number of nitro groups is 1. The molecule has 0 aromatic heterocycles. The van der Waals surface area contributed by atoms with E-state index in [2.05, 4.69) is 15.9 Å². The van der Waals surface area contributed by atoms with E-state index in [9.17, 15) is 20.0 Å². The van der Waals surface area contributed by atoms with Gasteiger partial charge in [-0.15, -0.1) is 0 Å². The number of phenols is 1. The quantitative estimate of drug-likeness (QED) is 0.644. The second kappa shape index (κ2) is 7.10. The van der Waals surface area contributed by atoms with Crippen LogP contribution in [0.1, 0.15) is 5.56 Å². The molecule has 23 heavy (non-hydrogen) atoms. The molecule has 0 unspecified atom stereocenters. The minimum absolute atomic E-state index is 0.0585. The van der Waals surface area contributed by atoms with Crippen LogP contribution >= 0.6 is 15.9 Å². The van der Waals surface area contributed by atoms with Gasteiger partial charge < -0.3 is 14.7 Å². The summed E-state index contributed by atoms with van der Waals surface area (Å²) >= 11 is 3.29. The van der Waals surface area contributed by atoms with Crippen molar-refractivity contribution in [3.05, 3.63) is 62.6 Å². The first kappa shape index (κ1) is 16.8. The third kappa shape index (κ3) is 4.43. The van der Waals surface area contributed by atoms with Gasteiger partial charge in [-0.2, -0.15) is 0 Å². The van der Waals surface area contributed by atoms with Crippen LogP contribution < -0.4 is 4.74 Å². The molecule has 0 fully saturated rings. The molecule has 0 saturated carbocycles. The number of nitro benzene ring substituents is 1. The summed E-state index contributed by atoms with van der Waals surface area (Å²) in [6.07, 6.45) is -0.690. The highest BCUT2D eigenvalue weighted by molar-refractivity contribution is 9.10. The number of aromatic hydroxyl groups is 1. The van der Waals surface area contributed by atoms with Crippen molar-refractivity contribution in [2.75, 3.05) is 7.05 Å². The van der Waals surface area contributed by atoms with E-state index in [1.54, 1.807) is 12.1 Å². The lowest BCUT2D eigenvalue weighted by molar-refractivity contribution is -0.384. The van der Waals surface area contributed by atoms with Gasteiger partial charge in [0.25, 0.3) is 5.69 Å². The Hall–Kier alpha value is -2.61. The first-order valence-corrected chi connectivity index (χ1v) is 7.31. The predicted octanol–water partition coefficient (Wildman–Crippen LogP) is 3.69. The molecule has 0 heterocycles. The van der Waals surface area contributed by atoms with E-state index in [-0.39, 0.29) is 23.7 Å². The van der Waals surface area contributed by atoms with Crippen molar-refractivity contribution < 1.29 is 19.6 Å². The Morgan fingerprint density at radius 1 is 1.35 bits per heavy atom. The van der Waals surface area contributed by atoms with Crippen molar-refractivity contribution in [3.63, 3.8) is 0 Å². The van der Waals surface area contributed by atoms with Crippen LogP contribution in [0.5, 0.6) is 11.5 Å². The van der Waals surface area contributed by atoms with Gasteiger partial charge in [-0.1, -0.05) is 22.0 Å². The zero-order valence-corrected chi connectivity index (χ0v) is 13.7. The Balaban J connectivity index is 2.07. The summed E-state index contributed by atoms with van der Waals surface area (Å²) in [5.74, 6) is 0.137. The minimum Gasteiger partial charge on any atom is -0.508 e. The second-order valence-corrected chi connectivity index (χ2v) is 5.67. The Labute approximate surface area is 140 Å². The van der Waals surface area contributed by atoms with Crippen LogP contribution in [0.3, 0.4) is 0 Å². The van der Waals surface area contributed by atoms with Gasteiger partial charge in [0.05, 0.1) is 17.5 Å². The van der Waals surface area contributed by atoms with Gasteiger partial charge in [-0.05, 0) is 24.3 Å². The SMILES string of the molecule is CN(Cc1cc(Br)ccc1O)C(=O)Oc1cccc([N+](=O)[O-])c1. The number of non-ortho nitro benzene ring substituents is 1. The summed E-state index contributed by atoms with van der Waals surface area (Å²) in [6, 6.07) is 10.2. The van der Waals surface area contributed by atoms with E-state index in [0.29, 0.717) is 5.56 Å². The van der Waals surface area contributed by atoms with Gasteiger partial charge in [0.15, 0.2) is 0 Å². The van der Waals surface area contributed by atoms with Crippen molar-refractivity contribution in [1.82, 2.24) is 4.90 Å². The fraction of sp³-hybridized carbons (Fsp3) is 0.133. The van der Waals surface area contributed by atoms with Crippen LogP contribution in [0.25, 0.3) is 0 Å². The van der Waals surface area contributed by atoms with Gasteiger partial charge in [-0.25, -0.2) is 4.79 Å². The van der Waals surface area contributed by atoms with Crippen molar-refractivity contribution >= 4 is 27.7 Å². The number of carbonyl (C=O) groups excluding carboxylic acids is 1. The number of rotatable bonds is 4. The number of benzene rings is 2. The minimum atomic E-state index is -0.690. The molecule has 0 radical (unpaired) electrons. The summed E-state index contributed by atoms with van der Waals surface area (Å²) in [5.41, 5.74) is 0.375. The maximum absolute atomic E-state index is 12.0. The summed E-state index contributed by atoms with van der Waals surface area (Å²) < 4.78 is 5.87. The Kier molecular flexibility index (Phi) is 5.17. The monoisotopic (exact) mass is 380 g/mol. The molecule has 0 spiro atoms. The zero-order chi connectivity index (χ0) is 17.0. The van der Waals surface area contributed by atoms with Gasteiger partial charge in [0.2, 0.25) is 0 Å². The highest BCUT2D eigenvalue weighted by Gasteiger charge is 2.15. The largest absolute Gasteiger partial charge is 0.508 e. The molecule has 0 aliphatic heterocycles. The highest BCUT2D eigenvalue weighted by atomic mass is 79.9. The van der Waals surface area contributed by atoms with Crippen LogP contribution in [0.15, 0.2) is 46.9 Å². The lowest BCUT2D eigenvalue weighted by Gasteiger charge is -2.17. The number of ether oxygens (including phenoxy) is 1. The molecule has 0 atom stereocenters. The lowest BCUT2D eigenvalue weighted by atomic mass is 10.2. The first-order chi connectivity index (χ1) is 10.9. The Morgan fingerprint density at radius 3 is 2.78 bits per heavy atom. The molecule has 2 rings (SSSR count). The topological polar surface area (TPSA) is 92.9 Å². The average molecular weight is 381 g/mol. The molecular weight excluding hydrogens is 368 g/mol. The summed E-state index contributed by atoms with van der Waals surface area (Å²) in [6.45, 7) is 0.124. The molecule has 2 aromatic carbocycles. The smallest absolute Gasteiger partial charge is 0.415 e. The number of carbonyl (C=O) groups is 1. The maximum Gasteiger partial charge on any atom is 0.415 e. The van der Waals surface area contributed by atoms with Crippen molar-refractivity contribution in [2.24, 2.45) is 0 Å². The van der Waals surface area contributed by atoms with Gasteiger partial charge >= 0.3 is 6.09 Å². The molecule has 0 saturated heterocycles. The van der Waals surface area contributed by atoms with Crippen LogP contribution in [0, 0.1) is 10.1 Å². The van der Waals surface area contributed by atoms with Crippen LogP contribution in [-0.4, -0.2) is 28.1 Å². The molecule has 1 amide bonds. The second-order valence-electron chi connectivity index (χ2n) is 4.75. The molecule has 0 aliphatic rings. The van der Waals surface area contributed by atoms with Crippen molar-refractivity contribution in [2.45, 2.75) is 6.54 Å². The number of hydrogen-bond acceptors (Lipinski definition) is 5. The van der Waals surface area contributed by atoms with E-state index < -0.39 is 11.0 Å². The fourth-order valence-corrected chi connectivity index (χ4v) is 2.25. The lowest BCUT2D eigenvalue weighted by Crippen LogP contribution is -2.29. The normalized spacial score (nSPS) is 10.2. The molecule has 2 aromatic rings. The summed E-state index contributed by atoms with van der Waals surface area (Å²) in [4.78, 5) is 23.4. The molecule has 120 valence electrons. The predicted molar refractivity (Wildman–Crippen MR) is 86.4 cm³/mol. The standard InChI is InChI=1S/C15H13BrN2O5/c1-17(9-10-7-11(16)5-6-14(10)19)15(20)23-13-4-2-3-12(8-13)18(21)22/h2-8,19H,9H2,1H3. The average Bonchev–Trinajstić information content (AvgIpc) is 2.51. The number of phenolic OH excluding ortho intramolecular Hbond substituents is 1. The Bertz CT molecular complexity index is 750. The van der Waals surface area contributed by atoms with E-state index in [1.165, 1.54) is 42.3 Å². The van der Waals surface area contributed by atoms with Crippen LogP contribution in [0.2, 0.25) is 0 Å². The van der Waals surface area contributed by atoms with Gasteiger partial charge in [0.1, 0.15) is 11.5 Å². The van der Waals surface area contributed by atoms with Crippen molar-refractivity contribution in [1.29, 1.82) is 0 Å². The molecule has 7 nitrogen and oxygen atoms in total. The third-order valence-corrected chi connectivity index (χ3v) is 3.49. The van der Waals surface area contributed by atoms with E-state index >= 15 is 0 Å². The molecular formula is C15H13BrN2O5. The number of nitrogens with zero attached hydrogens (tertiary/aromatic N) is 2. The molecule has 0 aliphatic carbocycles. The van der Waals surface area contributed by atoms with E-state index in [0.717, 1.165) is 4.47 Å².